The summed E-state index contributed by atoms with van der Waals surface area (Å²) in [6, 6.07) is 7.46. The van der Waals surface area contributed by atoms with Crippen LogP contribution in [0.4, 0.5) is 0 Å². The number of nitrogens with one attached hydrogen (secondary N) is 1. The van der Waals surface area contributed by atoms with Crippen molar-refractivity contribution in [2.45, 2.75) is 25.6 Å². The molecule has 0 amide bonds. The van der Waals surface area contributed by atoms with Crippen LogP contribution >= 0.6 is 35.7 Å². The van der Waals surface area contributed by atoms with Crippen LogP contribution in [0.1, 0.15) is 29.8 Å². The predicted octanol–water partition coefficient (Wildman–Crippen LogP) is 3.24. The molecule has 1 heterocycles. The second-order valence-electron chi connectivity index (χ2n) is 6.19. The van der Waals surface area contributed by atoms with Crippen LogP contribution in [0, 0.1) is 5.92 Å². The van der Waals surface area contributed by atoms with Crippen LogP contribution in [0.15, 0.2) is 29.3 Å². The molecular formula is C18H28IN3O2S. The molecule has 0 radical (unpaired) electrons. The monoisotopic (exact) mass is 477 g/mol. The summed E-state index contributed by atoms with van der Waals surface area (Å²) in [5.74, 6) is 2.44. The standard InChI is InChI=1S/C18H27N3O2S.HI/c1-13(2)16-12-21(9-10-24-16)18(19-3)20-11-14-5-7-15(8-6-14)17(22)23-4;/h5-8,13,16H,9-12H2,1-4H3,(H,19,20);1H. The van der Waals surface area contributed by atoms with Gasteiger partial charge in [-0.25, -0.2) is 4.79 Å². The molecule has 1 fully saturated rings. The Morgan fingerprint density at radius 1 is 1.40 bits per heavy atom. The maximum atomic E-state index is 11.5. The molecule has 1 aliphatic heterocycles. The summed E-state index contributed by atoms with van der Waals surface area (Å²) >= 11 is 2.06. The fraction of sp³-hybridized carbons (Fsp3) is 0.556. The molecule has 0 bridgehead atoms. The van der Waals surface area contributed by atoms with Crippen LogP contribution in [0.3, 0.4) is 0 Å². The van der Waals surface area contributed by atoms with Gasteiger partial charge in [-0.05, 0) is 23.6 Å². The van der Waals surface area contributed by atoms with Gasteiger partial charge in [-0.1, -0.05) is 26.0 Å². The molecular weight excluding hydrogens is 449 g/mol. The van der Waals surface area contributed by atoms with E-state index in [-0.39, 0.29) is 29.9 Å². The van der Waals surface area contributed by atoms with E-state index in [2.05, 4.69) is 40.8 Å². The van der Waals surface area contributed by atoms with Crippen molar-refractivity contribution in [3.8, 4) is 0 Å². The largest absolute Gasteiger partial charge is 0.465 e. The lowest BCUT2D eigenvalue weighted by atomic mass is 10.1. The van der Waals surface area contributed by atoms with Crippen LogP contribution in [0.5, 0.6) is 0 Å². The third-order valence-corrected chi connectivity index (χ3v) is 5.71. The number of benzene rings is 1. The van der Waals surface area contributed by atoms with Crippen LogP contribution < -0.4 is 5.32 Å². The Balaban J connectivity index is 0.00000312. The molecule has 1 N–H and O–H groups in total. The number of hydrogen-bond donors (Lipinski definition) is 1. The van der Waals surface area contributed by atoms with Crippen molar-refractivity contribution >= 4 is 47.7 Å². The number of thioether (sulfide) groups is 1. The highest BCUT2D eigenvalue weighted by Crippen LogP contribution is 2.24. The zero-order valence-electron chi connectivity index (χ0n) is 15.3. The van der Waals surface area contributed by atoms with E-state index in [1.54, 1.807) is 12.1 Å². The molecule has 1 aliphatic rings. The quantitative estimate of drug-likeness (QED) is 0.313. The number of methoxy groups -OCH3 is 1. The summed E-state index contributed by atoms with van der Waals surface area (Å²) in [4.78, 5) is 18.2. The van der Waals surface area contributed by atoms with Crippen molar-refractivity contribution in [3.05, 3.63) is 35.4 Å². The van der Waals surface area contributed by atoms with Crippen molar-refractivity contribution in [2.75, 3.05) is 33.0 Å². The number of carbonyl (C=O) groups is 1. The number of rotatable bonds is 4. The van der Waals surface area contributed by atoms with Crippen molar-refractivity contribution in [3.63, 3.8) is 0 Å². The first kappa shape index (κ1) is 22.1. The fourth-order valence-electron chi connectivity index (χ4n) is 2.66. The fourth-order valence-corrected chi connectivity index (χ4v) is 3.96. The summed E-state index contributed by atoms with van der Waals surface area (Å²) in [5, 5.41) is 4.08. The Morgan fingerprint density at radius 3 is 2.64 bits per heavy atom. The molecule has 0 aromatic heterocycles. The van der Waals surface area contributed by atoms with Gasteiger partial charge in [0.25, 0.3) is 0 Å². The predicted molar refractivity (Wildman–Crippen MR) is 116 cm³/mol. The average molecular weight is 477 g/mol. The minimum Gasteiger partial charge on any atom is -0.465 e. The molecule has 0 spiro atoms. The molecule has 7 heteroatoms. The molecule has 1 saturated heterocycles. The minimum atomic E-state index is -0.309. The number of guanidine groups is 1. The second-order valence-corrected chi connectivity index (χ2v) is 7.54. The van der Waals surface area contributed by atoms with E-state index in [0.717, 1.165) is 30.4 Å². The average Bonchev–Trinajstić information content (AvgIpc) is 2.62. The van der Waals surface area contributed by atoms with Gasteiger partial charge in [-0.3, -0.25) is 4.99 Å². The van der Waals surface area contributed by atoms with Crippen LogP contribution in [-0.4, -0.2) is 55.1 Å². The topological polar surface area (TPSA) is 53.9 Å². The molecule has 140 valence electrons. The highest BCUT2D eigenvalue weighted by Gasteiger charge is 2.24. The Labute approximate surface area is 172 Å². The van der Waals surface area contributed by atoms with Gasteiger partial charge in [-0.15, -0.1) is 24.0 Å². The van der Waals surface area contributed by atoms with E-state index >= 15 is 0 Å². The van der Waals surface area contributed by atoms with E-state index in [1.807, 2.05) is 19.2 Å². The Bertz CT molecular complexity index is 578. The molecule has 5 nitrogen and oxygen atoms in total. The molecule has 0 aliphatic carbocycles. The zero-order valence-corrected chi connectivity index (χ0v) is 18.5. The number of esters is 1. The Kier molecular flexibility index (Phi) is 9.63. The first-order valence-corrected chi connectivity index (χ1v) is 9.34. The zero-order chi connectivity index (χ0) is 17.5. The molecule has 1 aromatic carbocycles. The van der Waals surface area contributed by atoms with Crippen LogP contribution in [0.2, 0.25) is 0 Å². The van der Waals surface area contributed by atoms with Crippen molar-refractivity contribution in [1.82, 2.24) is 10.2 Å². The third kappa shape index (κ3) is 6.36. The maximum absolute atomic E-state index is 11.5. The SMILES string of the molecule is CN=C(NCc1ccc(C(=O)OC)cc1)N1CCSC(C(C)C)C1.I. The number of hydrogen-bond acceptors (Lipinski definition) is 4. The smallest absolute Gasteiger partial charge is 0.337 e. The number of nitrogens with zero attached hydrogens (tertiary/aromatic N) is 2. The van der Waals surface area contributed by atoms with Gasteiger partial charge in [0.2, 0.25) is 0 Å². The summed E-state index contributed by atoms with van der Waals surface area (Å²) < 4.78 is 4.72. The molecule has 1 aromatic rings. The van der Waals surface area contributed by atoms with Gasteiger partial charge in [0.05, 0.1) is 12.7 Å². The van der Waals surface area contributed by atoms with E-state index in [0.29, 0.717) is 23.3 Å². The number of aliphatic imine (C=N–C) groups is 1. The van der Waals surface area contributed by atoms with Gasteiger partial charge >= 0.3 is 5.97 Å². The highest BCUT2D eigenvalue weighted by molar-refractivity contribution is 14.0. The minimum absolute atomic E-state index is 0. The summed E-state index contributed by atoms with van der Waals surface area (Å²) in [6.45, 7) is 7.29. The number of carbonyl (C=O) groups excluding carboxylic acids is 1. The normalized spacial score (nSPS) is 17.9. The third-order valence-electron chi connectivity index (χ3n) is 4.17. The Hall–Kier alpha value is -0.960. The molecule has 25 heavy (non-hydrogen) atoms. The first-order chi connectivity index (χ1) is 11.5. The number of halogens is 1. The molecule has 2 rings (SSSR count). The summed E-state index contributed by atoms with van der Waals surface area (Å²) in [5.41, 5.74) is 1.68. The molecule has 0 saturated carbocycles. The van der Waals surface area contributed by atoms with E-state index < -0.39 is 0 Å². The second kappa shape index (κ2) is 10.9. The van der Waals surface area contributed by atoms with E-state index in [9.17, 15) is 4.79 Å². The lowest BCUT2D eigenvalue weighted by molar-refractivity contribution is 0.0600. The highest BCUT2D eigenvalue weighted by atomic mass is 127. The van der Waals surface area contributed by atoms with Crippen LogP contribution in [-0.2, 0) is 11.3 Å². The summed E-state index contributed by atoms with van der Waals surface area (Å²) in [7, 11) is 3.22. The van der Waals surface area contributed by atoms with Crippen LogP contribution in [0.25, 0.3) is 0 Å². The van der Waals surface area contributed by atoms with Gasteiger partial charge < -0.3 is 15.0 Å². The lowest BCUT2D eigenvalue weighted by Gasteiger charge is -2.36. The lowest BCUT2D eigenvalue weighted by Crippen LogP contribution is -2.48. The first-order valence-electron chi connectivity index (χ1n) is 8.29. The summed E-state index contributed by atoms with van der Waals surface area (Å²) in [6.07, 6.45) is 0. The Morgan fingerprint density at radius 2 is 2.08 bits per heavy atom. The molecule has 1 atom stereocenters. The van der Waals surface area contributed by atoms with Gasteiger partial charge in [-0.2, -0.15) is 11.8 Å². The van der Waals surface area contributed by atoms with Gasteiger partial charge in [0.1, 0.15) is 0 Å². The maximum Gasteiger partial charge on any atom is 0.337 e. The van der Waals surface area contributed by atoms with Crippen molar-refractivity contribution in [1.29, 1.82) is 0 Å². The van der Waals surface area contributed by atoms with Crippen molar-refractivity contribution < 1.29 is 9.53 Å². The van der Waals surface area contributed by atoms with E-state index in [1.165, 1.54) is 7.11 Å². The molecule has 1 unspecified atom stereocenters. The van der Waals surface area contributed by atoms with Gasteiger partial charge in [0.15, 0.2) is 5.96 Å². The van der Waals surface area contributed by atoms with Gasteiger partial charge in [0, 0.05) is 37.7 Å². The van der Waals surface area contributed by atoms with Crippen molar-refractivity contribution in [2.24, 2.45) is 10.9 Å². The van der Waals surface area contributed by atoms with E-state index in [4.69, 9.17) is 4.74 Å². The number of ether oxygens (including phenoxy) is 1.